The van der Waals surface area contributed by atoms with Gasteiger partial charge in [0.05, 0.1) is 6.10 Å². The van der Waals surface area contributed by atoms with E-state index in [-0.39, 0.29) is 6.10 Å². The monoisotopic (exact) mass is 182 g/mol. The zero-order chi connectivity index (χ0) is 10.0. The van der Waals surface area contributed by atoms with Gasteiger partial charge in [-0.15, -0.1) is 0 Å². The van der Waals surface area contributed by atoms with E-state index >= 15 is 0 Å². The Morgan fingerprint density at radius 1 is 1.31 bits per heavy atom. The molecule has 0 saturated carbocycles. The highest BCUT2D eigenvalue weighted by Crippen LogP contribution is 2.31. The van der Waals surface area contributed by atoms with Crippen molar-refractivity contribution >= 4 is 0 Å². The highest BCUT2D eigenvalue weighted by atomic mass is 16.3. The highest BCUT2D eigenvalue weighted by Gasteiger charge is 2.23. The summed E-state index contributed by atoms with van der Waals surface area (Å²) in [6.45, 7) is 8.89. The van der Waals surface area contributed by atoms with E-state index in [2.05, 4.69) is 33.8 Å². The SMILES string of the molecule is CC(C)C1=CC(C(C)C)CC(O)C1. The lowest BCUT2D eigenvalue weighted by atomic mass is 9.79. The fraction of sp³-hybridized carbons (Fsp3) is 0.833. The maximum Gasteiger partial charge on any atom is 0.0583 e. The number of allylic oxidation sites excluding steroid dienone is 1. The topological polar surface area (TPSA) is 20.2 Å². The zero-order valence-corrected chi connectivity index (χ0v) is 9.25. The smallest absolute Gasteiger partial charge is 0.0583 e. The third-order valence-corrected chi connectivity index (χ3v) is 3.04. The molecule has 0 aromatic rings. The third-order valence-electron chi connectivity index (χ3n) is 3.04. The van der Waals surface area contributed by atoms with E-state index in [1.54, 1.807) is 0 Å². The molecule has 0 heterocycles. The minimum Gasteiger partial charge on any atom is -0.393 e. The molecule has 0 spiro atoms. The Labute approximate surface area is 81.9 Å². The van der Waals surface area contributed by atoms with Crippen molar-refractivity contribution in [3.63, 3.8) is 0 Å². The number of rotatable bonds is 2. The van der Waals surface area contributed by atoms with Crippen molar-refractivity contribution in [1.82, 2.24) is 0 Å². The molecule has 1 heteroatoms. The number of hydrogen-bond donors (Lipinski definition) is 1. The first-order chi connectivity index (χ1) is 6.00. The van der Waals surface area contributed by atoms with Gasteiger partial charge in [-0.05, 0) is 30.6 Å². The highest BCUT2D eigenvalue weighted by molar-refractivity contribution is 5.12. The molecule has 2 unspecified atom stereocenters. The fourth-order valence-electron chi connectivity index (χ4n) is 1.97. The van der Waals surface area contributed by atoms with E-state index in [4.69, 9.17) is 0 Å². The first-order valence-corrected chi connectivity index (χ1v) is 5.39. The predicted molar refractivity (Wildman–Crippen MR) is 56.5 cm³/mol. The van der Waals surface area contributed by atoms with E-state index in [0.717, 1.165) is 12.8 Å². The Hall–Kier alpha value is -0.300. The molecule has 1 aliphatic carbocycles. The van der Waals surface area contributed by atoms with Crippen LogP contribution in [0, 0.1) is 17.8 Å². The molecule has 0 fully saturated rings. The van der Waals surface area contributed by atoms with Crippen LogP contribution >= 0.6 is 0 Å². The van der Waals surface area contributed by atoms with Crippen LogP contribution in [0.2, 0.25) is 0 Å². The lowest BCUT2D eigenvalue weighted by Crippen LogP contribution is -2.23. The van der Waals surface area contributed by atoms with Crippen molar-refractivity contribution in [2.45, 2.75) is 46.6 Å². The average Bonchev–Trinajstić information content (AvgIpc) is 2.03. The van der Waals surface area contributed by atoms with Crippen LogP contribution in [0.4, 0.5) is 0 Å². The summed E-state index contributed by atoms with van der Waals surface area (Å²) in [4.78, 5) is 0. The summed E-state index contributed by atoms with van der Waals surface area (Å²) >= 11 is 0. The molecule has 1 aliphatic rings. The van der Waals surface area contributed by atoms with E-state index in [0.29, 0.717) is 17.8 Å². The molecular weight excluding hydrogens is 160 g/mol. The van der Waals surface area contributed by atoms with Crippen molar-refractivity contribution in [1.29, 1.82) is 0 Å². The van der Waals surface area contributed by atoms with Gasteiger partial charge >= 0.3 is 0 Å². The molecular formula is C12H22O. The molecule has 1 N–H and O–H groups in total. The number of hydrogen-bond acceptors (Lipinski definition) is 1. The van der Waals surface area contributed by atoms with Gasteiger partial charge < -0.3 is 5.11 Å². The van der Waals surface area contributed by atoms with Gasteiger partial charge in [0, 0.05) is 0 Å². The van der Waals surface area contributed by atoms with Crippen LogP contribution < -0.4 is 0 Å². The molecule has 1 nitrogen and oxygen atoms in total. The molecule has 76 valence electrons. The van der Waals surface area contributed by atoms with Gasteiger partial charge in [-0.1, -0.05) is 39.3 Å². The van der Waals surface area contributed by atoms with Crippen molar-refractivity contribution in [2.24, 2.45) is 17.8 Å². The summed E-state index contributed by atoms with van der Waals surface area (Å²) < 4.78 is 0. The van der Waals surface area contributed by atoms with E-state index < -0.39 is 0 Å². The predicted octanol–water partition coefficient (Wildman–Crippen LogP) is 3.00. The van der Waals surface area contributed by atoms with Crippen molar-refractivity contribution < 1.29 is 5.11 Å². The largest absolute Gasteiger partial charge is 0.393 e. The van der Waals surface area contributed by atoms with Gasteiger partial charge in [-0.25, -0.2) is 0 Å². The maximum atomic E-state index is 9.71. The Morgan fingerprint density at radius 2 is 1.92 bits per heavy atom. The summed E-state index contributed by atoms with van der Waals surface area (Å²) in [5.74, 6) is 1.83. The minimum atomic E-state index is -0.102. The molecule has 0 bridgehead atoms. The second-order valence-corrected chi connectivity index (χ2v) is 4.90. The molecule has 0 saturated heterocycles. The lowest BCUT2D eigenvalue weighted by molar-refractivity contribution is 0.129. The number of aliphatic hydroxyl groups is 1. The van der Waals surface area contributed by atoms with Crippen LogP contribution in [-0.2, 0) is 0 Å². The molecule has 0 radical (unpaired) electrons. The Bertz CT molecular complexity index is 191. The fourth-order valence-corrected chi connectivity index (χ4v) is 1.97. The van der Waals surface area contributed by atoms with Crippen LogP contribution in [0.1, 0.15) is 40.5 Å². The first-order valence-electron chi connectivity index (χ1n) is 5.39. The second kappa shape index (κ2) is 4.28. The first kappa shape index (κ1) is 10.8. The summed E-state index contributed by atoms with van der Waals surface area (Å²) in [5, 5.41) is 9.71. The molecule has 0 aliphatic heterocycles. The van der Waals surface area contributed by atoms with Crippen LogP contribution in [-0.4, -0.2) is 11.2 Å². The average molecular weight is 182 g/mol. The Morgan fingerprint density at radius 3 is 2.38 bits per heavy atom. The molecule has 2 atom stereocenters. The Balaban J connectivity index is 2.73. The van der Waals surface area contributed by atoms with Crippen molar-refractivity contribution in [2.75, 3.05) is 0 Å². The Kier molecular flexibility index (Phi) is 3.55. The molecule has 0 aromatic heterocycles. The van der Waals surface area contributed by atoms with E-state index in [1.807, 2.05) is 0 Å². The van der Waals surface area contributed by atoms with Gasteiger partial charge in [-0.3, -0.25) is 0 Å². The van der Waals surface area contributed by atoms with Crippen LogP contribution in [0.3, 0.4) is 0 Å². The maximum absolute atomic E-state index is 9.71. The van der Waals surface area contributed by atoms with E-state index in [1.165, 1.54) is 5.57 Å². The number of aliphatic hydroxyl groups excluding tert-OH is 1. The second-order valence-electron chi connectivity index (χ2n) is 4.90. The standard InChI is InChI=1S/C12H22O/c1-8(2)10-5-11(9(3)4)7-12(13)6-10/h5,8-10,12-13H,6-7H2,1-4H3. The summed E-state index contributed by atoms with van der Waals surface area (Å²) in [6.07, 6.45) is 4.13. The lowest BCUT2D eigenvalue weighted by Gasteiger charge is -2.29. The van der Waals surface area contributed by atoms with Gasteiger partial charge in [0.2, 0.25) is 0 Å². The van der Waals surface area contributed by atoms with Gasteiger partial charge in [0.25, 0.3) is 0 Å². The van der Waals surface area contributed by atoms with Crippen molar-refractivity contribution in [3.8, 4) is 0 Å². The third kappa shape index (κ3) is 2.84. The zero-order valence-electron chi connectivity index (χ0n) is 9.25. The van der Waals surface area contributed by atoms with Gasteiger partial charge in [-0.2, -0.15) is 0 Å². The molecule has 0 amide bonds. The van der Waals surface area contributed by atoms with Crippen LogP contribution in [0.5, 0.6) is 0 Å². The quantitative estimate of drug-likeness (QED) is 0.651. The van der Waals surface area contributed by atoms with Crippen molar-refractivity contribution in [3.05, 3.63) is 11.6 Å². The van der Waals surface area contributed by atoms with Crippen LogP contribution in [0.15, 0.2) is 11.6 Å². The summed E-state index contributed by atoms with van der Waals surface area (Å²) in [7, 11) is 0. The minimum absolute atomic E-state index is 0.102. The molecule has 1 rings (SSSR count). The van der Waals surface area contributed by atoms with Gasteiger partial charge in [0.1, 0.15) is 0 Å². The van der Waals surface area contributed by atoms with Crippen LogP contribution in [0.25, 0.3) is 0 Å². The summed E-state index contributed by atoms with van der Waals surface area (Å²) in [5.41, 5.74) is 1.44. The molecule has 0 aromatic carbocycles. The normalized spacial score (nSPS) is 29.6. The summed E-state index contributed by atoms with van der Waals surface area (Å²) in [6, 6.07) is 0. The van der Waals surface area contributed by atoms with E-state index in [9.17, 15) is 5.11 Å². The van der Waals surface area contributed by atoms with Gasteiger partial charge in [0.15, 0.2) is 0 Å². The molecule has 13 heavy (non-hydrogen) atoms.